The second-order valence-electron chi connectivity index (χ2n) is 7.15. The highest BCUT2D eigenvalue weighted by Crippen LogP contribution is 2.38. The van der Waals surface area contributed by atoms with Crippen LogP contribution in [-0.2, 0) is 6.54 Å². The second kappa shape index (κ2) is 8.77. The summed E-state index contributed by atoms with van der Waals surface area (Å²) < 4.78 is 52.7. The molecule has 4 nitrogen and oxygen atoms in total. The minimum Gasteiger partial charge on any atom is -0.334 e. The zero-order valence-electron chi connectivity index (χ0n) is 15.3. The van der Waals surface area contributed by atoms with E-state index in [1.165, 1.54) is 17.7 Å². The van der Waals surface area contributed by atoms with Crippen LogP contribution < -0.4 is 10.6 Å². The fraction of sp³-hybridized carbons (Fsp3) is 0.450. The monoisotopic (exact) mass is 397 g/mol. The number of rotatable bonds is 4. The van der Waals surface area contributed by atoms with Crippen LogP contribution in [0.2, 0.25) is 0 Å². The van der Waals surface area contributed by atoms with Gasteiger partial charge in [0, 0.05) is 19.1 Å². The maximum absolute atomic E-state index is 14.1. The number of hydrogen-bond acceptors (Lipinski definition) is 2. The van der Waals surface area contributed by atoms with Crippen molar-refractivity contribution in [2.24, 2.45) is 5.92 Å². The van der Waals surface area contributed by atoms with Crippen LogP contribution >= 0.6 is 0 Å². The first-order valence-electron chi connectivity index (χ1n) is 9.29. The molecule has 152 valence electrons. The van der Waals surface area contributed by atoms with Crippen molar-refractivity contribution in [3.8, 4) is 0 Å². The Morgan fingerprint density at radius 2 is 1.96 bits per heavy atom. The number of allylic oxidation sites excluding steroid dienone is 3. The summed E-state index contributed by atoms with van der Waals surface area (Å²) in [6.07, 6.45) is -1.08. The Kier molecular flexibility index (Phi) is 6.39. The normalized spacial score (nSPS) is 23.6. The molecule has 2 amide bonds. The van der Waals surface area contributed by atoms with Crippen molar-refractivity contribution in [2.75, 3.05) is 13.1 Å². The lowest BCUT2D eigenvalue weighted by molar-refractivity contribution is -0.167. The van der Waals surface area contributed by atoms with Crippen molar-refractivity contribution in [3.63, 3.8) is 0 Å². The first-order chi connectivity index (χ1) is 13.3. The SMILES string of the molecule is O=C(NC1=C(F)C(C(F)(F)F)CC=C1)N[C@H]1CCCN(Cc2ccccc2)C1. The maximum atomic E-state index is 14.1. The maximum Gasteiger partial charge on any atom is 0.398 e. The van der Waals surface area contributed by atoms with E-state index < -0.39 is 36.1 Å². The third kappa shape index (κ3) is 5.34. The number of hydrogen-bond donors (Lipinski definition) is 2. The Bertz CT molecular complexity index is 746. The van der Waals surface area contributed by atoms with Crippen LogP contribution in [-0.4, -0.2) is 36.2 Å². The highest BCUT2D eigenvalue weighted by molar-refractivity contribution is 5.77. The minimum absolute atomic E-state index is 0.146. The quantitative estimate of drug-likeness (QED) is 0.746. The first kappa shape index (κ1) is 20.4. The largest absolute Gasteiger partial charge is 0.398 e. The van der Waals surface area contributed by atoms with Crippen LogP contribution in [0.5, 0.6) is 0 Å². The summed E-state index contributed by atoms with van der Waals surface area (Å²) >= 11 is 0. The predicted molar refractivity (Wildman–Crippen MR) is 97.8 cm³/mol. The summed E-state index contributed by atoms with van der Waals surface area (Å²) in [6, 6.07) is 9.12. The van der Waals surface area contributed by atoms with Gasteiger partial charge in [0.05, 0.1) is 5.70 Å². The van der Waals surface area contributed by atoms with E-state index in [1.807, 2.05) is 30.3 Å². The molecular weight excluding hydrogens is 374 g/mol. The van der Waals surface area contributed by atoms with Gasteiger partial charge in [0.15, 0.2) is 0 Å². The number of alkyl halides is 3. The molecule has 0 aromatic heterocycles. The van der Waals surface area contributed by atoms with Crippen LogP contribution in [0, 0.1) is 5.92 Å². The van der Waals surface area contributed by atoms with E-state index in [-0.39, 0.29) is 6.04 Å². The lowest BCUT2D eigenvalue weighted by atomic mass is 9.97. The van der Waals surface area contributed by atoms with Crippen molar-refractivity contribution in [1.29, 1.82) is 0 Å². The number of piperidine rings is 1. The second-order valence-corrected chi connectivity index (χ2v) is 7.15. The van der Waals surface area contributed by atoms with Crippen molar-refractivity contribution >= 4 is 6.03 Å². The Labute approximate surface area is 161 Å². The fourth-order valence-electron chi connectivity index (χ4n) is 3.57. The lowest BCUT2D eigenvalue weighted by Crippen LogP contribution is -2.50. The van der Waals surface area contributed by atoms with Gasteiger partial charge in [-0.3, -0.25) is 4.90 Å². The van der Waals surface area contributed by atoms with Crippen molar-refractivity contribution < 1.29 is 22.4 Å². The van der Waals surface area contributed by atoms with E-state index in [4.69, 9.17) is 0 Å². The number of nitrogens with one attached hydrogen (secondary N) is 2. The number of benzene rings is 1. The lowest BCUT2D eigenvalue weighted by Gasteiger charge is -2.33. The van der Waals surface area contributed by atoms with Crippen molar-refractivity contribution in [1.82, 2.24) is 15.5 Å². The van der Waals surface area contributed by atoms with E-state index in [0.717, 1.165) is 25.9 Å². The van der Waals surface area contributed by atoms with Crippen molar-refractivity contribution in [3.05, 3.63) is 59.6 Å². The summed E-state index contributed by atoms with van der Waals surface area (Å²) in [5.41, 5.74) is 0.744. The number of likely N-dealkylation sites (tertiary alicyclic amines) is 1. The Morgan fingerprint density at radius 3 is 2.68 bits per heavy atom. The van der Waals surface area contributed by atoms with Gasteiger partial charge >= 0.3 is 12.2 Å². The molecule has 1 saturated heterocycles. The fourth-order valence-corrected chi connectivity index (χ4v) is 3.57. The molecule has 3 rings (SSSR count). The van der Waals surface area contributed by atoms with Crippen LogP contribution in [0.3, 0.4) is 0 Å². The average molecular weight is 397 g/mol. The Balaban J connectivity index is 1.55. The molecule has 1 aromatic rings. The molecule has 1 heterocycles. The van der Waals surface area contributed by atoms with Gasteiger partial charge in [-0.25, -0.2) is 9.18 Å². The van der Waals surface area contributed by atoms with Gasteiger partial charge < -0.3 is 10.6 Å². The molecular formula is C20H23F4N3O. The number of carbonyl (C=O) groups excluding carboxylic acids is 1. The molecule has 2 aliphatic rings. The van der Waals surface area contributed by atoms with Gasteiger partial charge in [0.25, 0.3) is 0 Å². The Hall–Kier alpha value is -2.35. The van der Waals surface area contributed by atoms with Crippen LogP contribution in [0.4, 0.5) is 22.4 Å². The topological polar surface area (TPSA) is 44.4 Å². The molecule has 2 atom stereocenters. The number of urea groups is 1. The van der Waals surface area contributed by atoms with E-state index >= 15 is 0 Å². The molecule has 0 saturated carbocycles. The van der Waals surface area contributed by atoms with Gasteiger partial charge in [-0.15, -0.1) is 0 Å². The molecule has 0 radical (unpaired) electrons. The van der Waals surface area contributed by atoms with Crippen LogP contribution in [0.25, 0.3) is 0 Å². The molecule has 1 aromatic carbocycles. The highest BCUT2D eigenvalue weighted by Gasteiger charge is 2.44. The smallest absolute Gasteiger partial charge is 0.334 e. The highest BCUT2D eigenvalue weighted by atomic mass is 19.4. The Morgan fingerprint density at radius 1 is 1.21 bits per heavy atom. The van der Waals surface area contributed by atoms with E-state index in [2.05, 4.69) is 15.5 Å². The predicted octanol–water partition coefficient (Wildman–Crippen LogP) is 4.27. The zero-order valence-corrected chi connectivity index (χ0v) is 15.3. The molecule has 28 heavy (non-hydrogen) atoms. The molecule has 1 aliphatic heterocycles. The summed E-state index contributed by atoms with van der Waals surface area (Å²) in [6.45, 7) is 2.30. The van der Waals surface area contributed by atoms with E-state index in [0.29, 0.717) is 6.54 Å². The molecule has 8 heteroatoms. The number of nitrogens with zero attached hydrogens (tertiary/aromatic N) is 1. The van der Waals surface area contributed by atoms with Gasteiger partial charge in [-0.05, 0) is 37.4 Å². The molecule has 1 aliphatic carbocycles. The van der Waals surface area contributed by atoms with Gasteiger partial charge in [-0.2, -0.15) is 13.2 Å². The molecule has 1 unspecified atom stereocenters. The summed E-state index contributed by atoms with van der Waals surface area (Å²) in [7, 11) is 0. The van der Waals surface area contributed by atoms with E-state index in [9.17, 15) is 22.4 Å². The third-order valence-corrected chi connectivity index (χ3v) is 4.95. The molecule has 0 spiro atoms. The average Bonchev–Trinajstić information content (AvgIpc) is 2.63. The van der Waals surface area contributed by atoms with Gasteiger partial charge in [0.2, 0.25) is 0 Å². The van der Waals surface area contributed by atoms with Crippen LogP contribution in [0.1, 0.15) is 24.8 Å². The number of carbonyl (C=O) groups is 1. The van der Waals surface area contributed by atoms with E-state index in [1.54, 1.807) is 0 Å². The minimum atomic E-state index is -4.68. The molecule has 0 bridgehead atoms. The number of amides is 2. The zero-order chi connectivity index (χ0) is 20.1. The standard InChI is InChI=1S/C20H23F4N3O/c21-18-16(20(22,23)24)9-4-10-17(18)26-19(28)25-15-8-5-11-27(13-15)12-14-6-2-1-3-7-14/h1-4,6-7,10,15-16H,5,8-9,11-13H2,(H2,25,26,28)/t15-,16?/m0/s1. The summed E-state index contributed by atoms with van der Waals surface area (Å²) in [5, 5.41) is 4.98. The number of halogens is 4. The summed E-state index contributed by atoms with van der Waals surface area (Å²) in [5.74, 6) is -3.55. The summed E-state index contributed by atoms with van der Waals surface area (Å²) in [4.78, 5) is 14.4. The molecule has 2 N–H and O–H groups in total. The van der Waals surface area contributed by atoms with Crippen molar-refractivity contribution in [2.45, 2.75) is 38.0 Å². The van der Waals surface area contributed by atoms with Crippen LogP contribution in [0.15, 0.2) is 54.0 Å². The first-order valence-corrected chi connectivity index (χ1v) is 9.29. The van der Waals surface area contributed by atoms with Gasteiger partial charge in [-0.1, -0.05) is 36.4 Å². The molecule has 1 fully saturated rings. The van der Waals surface area contributed by atoms with Gasteiger partial charge in [0.1, 0.15) is 11.7 Å². The third-order valence-electron chi connectivity index (χ3n) is 4.95.